The molecule has 3 heterocycles. The van der Waals surface area contributed by atoms with Gasteiger partial charge in [0.2, 0.25) is 0 Å². The van der Waals surface area contributed by atoms with Crippen LogP contribution in [-0.2, 0) is 6.61 Å². The van der Waals surface area contributed by atoms with Crippen LogP contribution < -0.4 is 10.1 Å². The molecule has 0 unspecified atom stereocenters. The lowest BCUT2D eigenvalue weighted by Crippen LogP contribution is -2.48. The molecule has 0 bridgehead atoms. The summed E-state index contributed by atoms with van der Waals surface area (Å²) in [7, 11) is 2.05. The topological polar surface area (TPSA) is 70.8 Å². The summed E-state index contributed by atoms with van der Waals surface area (Å²) >= 11 is 0. The molecule has 2 amide bonds. The van der Waals surface area contributed by atoms with Crippen molar-refractivity contribution < 1.29 is 14.1 Å². The number of piperazine rings is 1. The van der Waals surface area contributed by atoms with Crippen LogP contribution >= 0.6 is 0 Å². The number of nitrogens with one attached hydrogen (secondary N) is 1. The van der Waals surface area contributed by atoms with E-state index >= 15 is 0 Å². The second-order valence-electron chi connectivity index (χ2n) is 5.84. The molecule has 1 fully saturated rings. The third-order valence-corrected chi connectivity index (χ3v) is 4.31. The summed E-state index contributed by atoms with van der Waals surface area (Å²) < 4.78 is 11.2. The number of amides is 2. The lowest BCUT2D eigenvalue weighted by atomic mass is 10.1. The van der Waals surface area contributed by atoms with Crippen molar-refractivity contribution in [2.75, 3.05) is 38.5 Å². The quantitative estimate of drug-likeness (QED) is 0.872. The third kappa shape index (κ3) is 2.53. The van der Waals surface area contributed by atoms with E-state index in [-0.39, 0.29) is 6.03 Å². The van der Waals surface area contributed by atoms with Gasteiger partial charge in [-0.15, -0.1) is 0 Å². The molecule has 0 radical (unpaired) electrons. The molecule has 0 aliphatic carbocycles. The lowest BCUT2D eigenvalue weighted by molar-refractivity contribution is 0.164. The van der Waals surface area contributed by atoms with E-state index in [4.69, 9.17) is 9.26 Å². The fourth-order valence-electron chi connectivity index (χ4n) is 2.87. The van der Waals surface area contributed by atoms with Crippen LogP contribution in [0.1, 0.15) is 5.56 Å². The normalized spacial score (nSPS) is 17.2. The van der Waals surface area contributed by atoms with E-state index in [0.717, 1.165) is 30.0 Å². The van der Waals surface area contributed by atoms with Gasteiger partial charge in [-0.3, -0.25) is 5.32 Å². The van der Waals surface area contributed by atoms with Crippen LogP contribution in [0.4, 0.5) is 10.6 Å². The highest BCUT2D eigenvalue weighted by Crippen LogP contribution is 2.40. The minimum absolute atomic E-state index is 0.145. The van der Waals surface area contributed by atoms with E-state index in [9.17, 15) is 4.79 Å². The first-order chi connectivity index (χ1) is 11.2. The van der Waals surface area contributed by atoms with Gasteiger partial charge < -0.3 is 19.1 Å². The van der Waals surface area contributed by atoms with Gasteiger partial charge in [0, 0.05) is 26.2 Å². The van der Waals surface area contributed by atoms with E-state index in [0.29, 0.717) is 31.3 Å². The number of ether oxygens (including phenoxy) is 1. The highest BCUT2D eigenvalue weighted by atomic mass is 16.5. The van der Waals surface area contributed by atoms with Crippen molar-refractivity contribution in [2.24, 2.45) is 0 Å². The number of urea groups is 1. The molecule has 2 aliphatic rings. The zero-order valence-electron chi connectivity index (χ0n) is 12.9. The summed E-state index contributed by atoms with van der Waals surface area (Å²) in [6.07, 6.45) is 0. The van der Waals surface area contributed by atoms with Gasteiger partial charge in [-0.25, -0.2) is 4.79 Å². The molecule has 1 N–H and O–H groups in total. The van der Waals surface area contributed by atoms with Crippen LogP contribution in [-0.4, -0.2) is 54.2 Å². The Morgan fingerprint density at radius 3 is 2.83 bits per heavy atom. The number of anilines is 1. The monoisotopic (exact) mass is 314 g/mol. The molecule has 4 rings (SSSR count). The number of fused-ring (bicyclic) bond motifs is 3. The highest BCUT2D eigenvalue weighted by Gasteiger charge is 2.27. The number of hydrogen-bond donors (Lipinski definition) is 1. The standard InChI is InChI=1S/C16H18N4O3/c1-19-6-8-20(9-7-19)16(21)17-15-12-10-22-13-5-3-2-4-11(13)14(12)23-18-15/h2-5H,6-10H2,1H3,(H,17,18,21). The van der Waals surface area contributed by atoms with E-state index in [1.165, 1.54) is 0 Å². The largest absolute Gasteiger partial charge is 0.488 e. The number of carbonyl (C=O) groups is 1. The second kappa shape index (κ2) is 5.58. The van der Waals surface area contributed by atoms with Gasteiger partial charge in [-0.2, -0.15) is 0 Å². The Labute approximate surface area is 133 Å². The molecular weight excluding hydrogens is 296 g/mol. The van der Waals surface area contributed by atoms with Crippen molar-refractivity contribution in [3.63, 3.8) is 0 Å². The maximum absolute atomic E-state index is 12.4. The maximum atomic E-state index is 12.4. The van der Waals surface area contributed by atoms with Gasteiger partial charge in [-0.1, -0.05) is 17.3 Å². The van der Waals surface area contributed by atoms with Crippen molar-refractivity contribution in [3.8, 4) is 17.1 Å². The summed E-state index contributed by atoms with van der Waals surface area (Å²) in [6.45, 7) is 3.51. The van der Waals surface area contributed by atoms with Crippen LogP contribution in [0.3, 0.4) is 0 Å². The van der Waals surface area contributed by atoms with Crippen molar-refractivity contribution in [1.29, 1.82) is 0 Å². The molecule has 2 aliphatic heterocycles. The summed E-state index contributed by atoms with van der Waals surface area (Å²) in [5, 5.41) is 6.87. The molecule has 1 saturated heterocycles. The van der Waals surface area contributed by atoms with Crippen LogP contribution in [0.2, 0.25) is 0 Å². The molecule has 2 aromatic rings. The number of likely N-dealkylation sites (N-methyl/N-ethyl adjacent to an activating group) is 1. The number of aromatic nitrogens is 1. The van der Waals surface area contributed by atoms with Crippen LogP contribution in [0, 0.1) is 0 Å². The number of rotatable bonds is 1. The van der Waals surface area contributed by atoms with Gasteiger partial charge in [0.1, 0.15) is 12.4 Å². The molecule has 0 saturated carbocycles. The number of para-hydroxylation sites is 1. The molecule has 120 valence electrons. The van der Waals surface area contributed by atoms with Gasteiger partial charge in [0.15, 0.2) is 11.6 Å². The molecule has 1 aromatic heterocycles. The van der Waals surface area contributed by atoms with E-state index in [1.54, 1.807) is 4.90 Å². The molecule has 1 aromatic carbocycles. The Kier molecular flexibility index (Phi) is 3.42. The Morgan fingerprint density at radius 2 is 2.00 bits per heavy atom. The highest BCUT2D eigenvalue weighted by molar-refractivity contribution is 5.90. The third-order valence-electron chi connectivity index (χ3n) is 4.31. The first-order valence-electron chi connectivity index (χ1n) is 7.67. The Hall–Kier alpha value is -2.54. The Balaban J connectivity index is 1.54. The maximum Gasteiger partial charge on any atom is 0.323 e. The molecule has 7 nitrogen and oxygen atoms in total. The van der Waals surface area contributed by atoms with Gasteiger partial charge in [0.25, 0.3) is 0 Å². The fraction of sp³-hybridized carbons (Fsp3) is 0.375. The fourth-order valence-corrected chi connectivity index (χ4v) is 2.87. The van der Waals surface area contributed by atoms with Gasteiger partial charge in [-0.05, 0) is 19.2 Å². The molecule has 23 heavy (non-hydrogen) atoms. The number of benzene rings is 1. The molecule has 0 atom stereocenters. The number of carbonyl (C=O) groups excluding carboxylic acids is 1. The second-order valence-corrected chi connectivity index (χ2v) is 5.84. The summed E-state index contributed by atoms with van der Waals surface area (Å²) in [5.41, 5.74) is 1.65. The zero-order chi connectivity index (χ0) is 15.8. The molecule has 0 spiro atoms. The summed E-state index contributed by atoms with van der Waals surface area (Å²) in [5.74, 6) is 1.88. The smallest absolute Gasteiger partial charge is 0.323 e. The van der Waals surface area contributed by atoms with Crippen molar-refractivity contribution in [1.82, 2.24) is 15.0 Å². The first-order valence-corrected chi connectivity index (χ1v) is 7.67. The molecule has 7 heteroatoms. The van der Waals surface area contributed by atoms with Crippen molar-refractivity contribution in [3.05, 3.63) is 29.8 Å². The van der Waals surface area contributed by atoms with Crippen LogP contribution in [0.15, 0.2) is 28.8 Å². The van der Waals surface area contributed by atoms with Crippen LogP contribution in [0.25, 0.3) is 11.3 Å². The van der Waals surface area contributed by atoms with Gasteiger partial charge in [0.05, 0.1) is 11.1 Å². The number of hydrogen-bond acceptors (Lipinski definition) is 5. The van der Waals surface area contributed by atoms with E-state index in [1.807, 2.05) is 24.3 Å². The first kappa shape index (κ1) is 14.1. The van der Waals surface area contributed by atoms with Crippen molar-refractivity contribution in [2.45, 2.75) is 6.61 Å². The Bertz CT molecular complexity index is 735. The van der Waals surface area contributed by atoms with E-state index in [2.05, 4.69) is 22.4 Å². The predicted molar refractivity (Wildman–Crippen MR) is 84.4 cm³/mol. The summed E-state index contributed by atoms with van der Waals surface area (Å²) in [6, 6.07) is 7.50. The van der Waals surface area contributed by atoms with Crippen molar-refractivity contribution >= 4 is 11.8 Å². The van der Waals surface area contributed by atoms with Gasteiger partial charge >= 0.3 is 6.03 Å². The average molecular weight is 314 g/mol. The minimum atomic E-state index is -0.145. The molecular formula is C16H18N4O3. The van der Waals surface area contributed by atoms with E-state index < -0.39 is 0 Å². The Morgan fingerprint density at radius 1 is 1.22 bits per heavy atom. The minimum Gasteiger partial charge on any atom is -0.488 e. The van der Waals surface area contributed by atoms with Crippen LogP contribution in [0.5, 0.6) is 5.75 Å². The predicted octanol–water partition coefficient (Wildman–Crippen LogP) is 2.01. The number of nitrogens with zero attached hydrogens (tertiary/aromatic N) is 3. The SMILES string of the molecule is CN1CCN(C(=O)Nc2noc3c2COc2ccccc2-3)CC1. The zero-order valence-corrected chi connectivity index (χ0v) is 12.9. The lowest BCUT2D eigenvalue weighted by Gasteiger charge is -2.32. The summed E-state index contributed by atoms with van der Waals surface area (Å²) in [4.78, 5) is 16.4. The average Bonchev–Trinajstić information content (AvgIpc) is 2.99.